The van der Waals surface area contributed by atoms with E-state index in [0.29, 0.717) is 30.8 Å². The predicted octanol–water partition coefficient (Wildman–Crippen LogP) is 3.20. The van der Waals surface area contributed by atoms with Gasteiger partial charge in [-0.2, -0.15) is 4.90 Å². The fourth-order valence-electron chi connectivity index (χ4n) is 5.95. The Labute approximate surface area is 219 Å². The number of Topliss-reactive ketones (excluding diaryl/α,β-unsaturated/α-hetero) is 1. The molecule has 4 unspecified atom stereocenters. The zero-order valence-corrected chi connectivity index (χ0v) is 21.8. The van der Waals surface area contributed by atoms with Gasteiger partial charge < -0.3 is 14.6 Å². The summed E-state index contributed by atoms with van der Waals surface area (Å²) in [4.78, 5) is 65.7. The van der Waals surface area contributed by atoms with Crippen LogP contribution in [0.4, 0.5) is 4.79 Å². The summed E-state index contributed by atoms with van der Waals surface area (Å²) in [5, 5.41) is 10.4. The second-order valence-electron chi connectivity index (χ2n) is 9.26. The monoisotopic (exact) mass is 603 g/mol. The van der Waals surface area contributed by atoms with Crippen LogP contribution in [0.5, 0.6) is 11.5 Å². The summed E-state index contributed by atoms with van der Waals surface area (Å²) < 4.78 is 10.5. The molecule has 1 aromatic rings. The highest BCUT2D eigenvalue weighted by Gasteiger charge is 2.58. The molecule has 4 atom stereocenters. The van der Waals surface area contributed by atoms with Crippen molar-refractivity contribution in [2.24, 2.45) is 17.8 Å². The van der Waals surface area contributed by atoms with Crippen molar-refractivity contribution in [1.29, 1.82) is 0 Å². The van der Waals surface area contributed by atoms with Gasteiger partial charge >= 0.3 is 6.09 Å². The number of amides is 3. The zero-order valence-electron chi connectivity index (χ0n) is 19.7. The quantitative estimate of drug-likeness (QED) is 0.237. The summed E-state index contributed by atoms with van der Waals surface area (Å²) >= 11 is 1.96. The lowest BCUT2D eigenvalue weighted by molar-refractivity contribution is -0.137. The van der Waals surface area contributed by atoms with Gasteiger partial charge in [-0.3, -0.25) is 19.2 Å². The number of ether oxygens (including phenoxy) is 2. The van der Waals surface area contributed by atoms with Crippen LogP contribution in [-0.2, 0) is 23.9 Å². The van der Waals surface area contributed by atoms with E-state index in [4.69, 9.17) is 4.74 Å². The van der Waals surface area contributed by atoms with E-state index in [-0.39, 0.29) is 35.9 Å². The molecule has 3 aliphatic carbocycles. The number of aromatic hydroxyl groups is 1. The predicted molar refractivity (Wildman–Crippen MR) is 133 cm³/mol. The number of phenolic OH excluding ortho intramolecular Hbond substituents is 1. The Balaban J connectivity index is 1.71. The maximum absolute atomic E-state index is 13.4. The summed E-state index contributed by atoms with van der Waals surface area (Å²) in [5.41, 5.74) is 2.30. The van der Waals surface area contributed by atoms with Crippen molar-refractivity contribution in [3.8, 4) is 11.5 Å². The van der Waals surface area contributed by atoms with Gasteiger partial charge in [0.25, 0.3) is 0 Å². The van der Waals surface area contributed by atoms with Gasteiger partial charge in [0.15, 0.2) is 23.1 Å². The van der Waals surface area contributed by atoms with E-state index in [1.807, 2.05) is 28.7 Å². The topological polar surface area (TPSA) is 127 Å². The molecule has 186 valence electrons. The van der Waals surface area contributed by atoms with Crippen LogP contribution >= 0.6 is 22.6 Å². The first kappa shape index (κ1) is 24.4. The van der Waals surface area contributed by atoms with Gasteiger partial charge in [0.1, 0.15) is 0 Å². The number of nitrogens with zero attached hydrogens (tertiary/aromatic N) is 1. The number of methoxy groups -OCH3 is 2. The SMILES string of the molecule is COC(=O)N1C(=O)C2CC=C3C(c4cc(I)c(O)c(OC)c4)C4=C(CC3C2C1=O)C(=O)C(C)=CC4=O. The van der Waals surface area contributed by atoms with Gasteiger partial charge in [0.05, 0.1) is 29.6 Å². The van der Waals surface area contributed by atoms with Crippen LogP contribution < -0.4 is 4.74 Å². The molecule has 10 heteroatoms. The van der Waals surface area contributed by atoms with Crippen LogP contribution in [0.1, 0.15) is 31.2 Å². The molecule has 5 rings (SSSR count). The Morgan fingerprint density at radius 2 is 1.83 bits per heavy atom. The number of hydrogen-bond donors (Lipinski definition) is 1. The minimum atomic E-state index is -1.03. The molecular weight excluding hydrogens is 581 g/mol. The number of benzene rings is 1. The van der Waals surface area contributed by atoms with Gasteiger partial charge in [-0.1, -0.05) is 11.6 Å². The number of rotatable bonds is 2. The maximum atomic E-state index is 13.4. The van der Waals surface area contributed by atoms with E-state index in [1.54, 1.807) is 19.1 Å². The second kappa shape index (κ2) is 8.68. The van der Waals surface area contributed by atoms with Gasteiger partial charge in [0.2, 0.25) is 11.8 Å². The van der Waals surface area contributed by atoms with Crippen molar-refractivity contribution in [3.63, 3.8) is 0 Å². The highest BCUT2D eigenvalue weighted by atomic mass is 127. The van der Waals surface area contributed by atoms with Crippen LogP contribution in [0.15, 0.2) is 46.6 Å². The van der Waals surface area contributed by atoms with Crippen LogP contribution in [-0.4, -0.2) is 53.7 Å². The number of phenols is 1. The molecule has 1 fully saturated rings. The first-order valence-corrected chi connectivity index (χ1v) is 12.4. The van der Waals surface area contributed by atoms with Crippen molar-refractivity contribution in [3.05, 3.63) is 55.7 Å². The number of halogens is 1. The number of carbonyl (C=O) groups is 5. The van der Waals surface area contributed by atoms with E-state index in [9.17, 15) is 29.1 Å². The molecule has 0 spiro atoms. The molecule has 1 saturated heterocycles. The summed E-state index contributed by atoms with van der Waals surface area (Å²) in [6.45, 7) is 1.57. The number of allylic oxidation sites excluding steroid dienone is 6. The Kier molecular flexibility index (Phi) is 5.89. The highest BCUT2D eigenvalue weighted by Crippen LogP contribution is 2.55. The molecule has 0 aromatic heterocycles. The van der Waals surface area contributed by atoms with Gasteiger partial charge in [-0.05, 0) is 72.0 Å². The van der Waals surface area contributed by atoms with E-state index in [2.05, 4.69) is 4.74 Å². The summed E-state index contributed by atoms with van der Waals surface area (Å²) in [7, 11) is 2.52. The van der Waals surface area contributed by atoms with Crippen LogP contribution in [0.2, 0.25) is 0 Å². The van der Waals surface area contributed by atoms with Crippen LogP contribution in [0.25, 0.3) is 0 Å². The lowest BCUT2D eigenvalue weighted by Crippen LogP contribution is -2.40. The molecule has 1 aliphatic heterocycles. The normalized spacial score (nSPS) is 27.3. The third kappa shape index (κ3) is 3.37. The summed E-state index contributed by atoms with van der Waals surface area (Å²) in [5.74, 6) is -4.56. The van der Waals surface area contributed by atoms with Crippen LogP contribution in [0, 0.1) is 21.3 Å². The van der Waals surface area contributed by atoms with Gasteiger partial charge in [-0.15, -0.1) is 0 Å². The molecule has 0 bridgehead atoms. The van der Waals surface area contributed by atoms with E-state index < -0.39 is 41.6 Å². The Morgan fingerprint density at radius 3 is 2.50 bits per heavy atom. The van der Waals surface area contributed by atoms with Gasteiger partial charge in [0, 0.05) is 22.6 Å². The summed E-state index contributed by atoms with van der Waals surface area (Å²) in [6, 6.07) is 3.34. The third-order valence-electron chi connectivity index (χ3n) is 7.52. The molecule has 1 heterocycles. The van der Waals surface area contributed by atoms with E-state index >= 15 is 0 Å². The largest absolute Gasteiger partial charge is 0.504 e. The van der Waals surface area contributed by atoms with Gasteiger partial charge in [-0.25, -0.2) is 4.79 Å². The average Bonchev–Trinajstić information content (AvgIpc) is 3.12. The molecule has 4 aliphatic rings. The number of imide groups is 3. The molecule has 1 N–H and O–H groups in total. The summed E-state index contributed by atoms with van der Waals surface area (Å²) in [6.07, 6.45) is 2.45. The van der Waals surface area contributed by atoms with Crippen molar-refractivity contribution in [2.45, 2.75) is 25.7 Å². The number of ketones is 2. The molecular formula is C26H22INO8. The fraction of sp³-hybridized carbons (Fsp3) is 0.346. The molecule has 3 amide bonds. The van der Waals surface area contributed by atoms with Crippen molar-refractivity contribution >= 4 is 52.1 Å². The van der Waals surface area contributed by atoms with Crippen molar-refractivity contribution in [1.82, 2.24) is 4.90 Å². The Hall–Kier alpha value is -3.28. The minimum absolute atomic E-state index is 0.0480. The fourth-order valence-corrected chi connectivity index (χ4v) is 6.57. The van der Waals surface area contributed by atoms with Crippen molar-refractivity contribution < 1.29 is 38.6 Å². The standard InChI is InChI=1S/C26H22INO8/c1-10-6-17(29)21-15(22(10)30)9-14-12(19(21)11-7-16(27)23(31)18(8-11)35-2)4-5-13-20(14)25(33)28(24(13)32)26(34)36-3/h4,6-8,13-14,19-20,31H,5,9H2,1-3H3. The maximum Gasteiger partial charge on any atom is 0.423 e. The zero-order chi connectivity index (χ0) is 26.0. The second-order valence-corrected chi connectivity index (χ2v) is 10.4. The lowest BCUT2D eigenvalue weighted by atomic mass is 9.59. The number of hydrogen-bond acceptors (Lipinski definition) is 8. The number of likely N-dealkylation sites (tertiary alicyclic amines) is 1. The molecule has 9 nitrogen and oxygen atoms in total. The van der Waals surface area contributed by atoms with Crippen LogP contribution in [0.3, 0.4) is 0 Å². The van der Waals surface area contributed by atoms with E-state index in [1.165, 1.54) is 13.2 Å². The average molecular weight is 603 g/mol. The minimum Gasteiger partial charge on any atom is -0.504 e. The van der Waals surface area contributed by atoms with E-state index in [0.717, 1.165) is 12.7 Å². The number of fused-ring (bicyclic) bond motifs is 3. The molecule has 1 aromatic carbocycles. The third-order valence-corrected chi connectivity index (χ3v) is 8.35. The molecule has 0 radical (unpaired) electrons. The highest BCUT2D eigenvalue weighted by molar-refractivity contribution is 14.1. The Morgan fingerprint density at radius 1 is 1.11 bits per heavy atom. The molecule has 36 heavy (non-hydrogen) atoms. The first-order valence-electron chi connectivity index (χ1n) is 11.3. The number of carbonyl (C=O) groups excluding carboxylic acids is 5. The molecule has 0 saturated carbocycles. The first-order chi connectivity index (χ1) is 17.1. The Bertz CT molecular complexity index is 1370. The lowest BCUT2D eigenvalue weighted by Gasteiger charge is -2.42. The smallest absolute Gasteiger partial charge is 0.423 e. The van der Waals surface area contributed by atoms with Crippen molar-refractivity contribution in [2.75, 3.05) is 14.2 Å².